The van der Waals surface area contributed by atoms with Crippen molar-refractivity contribution in [3.8, 4) is 0 Å². The van der Waals surface area contributed by atoms with Crippen LogP contribution in [0.4, 0.5) is 10.1 Å². The van der Waals surface area contributed by atoms with Crippen LogP contribution in [0.15, 0.2) is 36.7 Å². The summed E-state index contributed by atoms with van der Waals surface area (Å²) < 4.78 is 13.1. The Morgan fingerprint density at radius 1 is 1.38 bits per heavy atom. The van der Waals surface area contributed by atoms with Gasteiger partial charge < -0.3 is 4.90 Å². The summed E-state index contributed by atoms with van der Waals surface area (Å²) in [6.07, 6.45) is 2.61. The van der Waals surface area contributed by atoms with Gasteiger partial charge in [-0.15, -0.1) is 0 Å². The molecular formula is C15H11ClFIN2O. The number of amides is 1. The van der Waals surface area contributed by atoms with Crippen molar-refractivity contribution >= 4 is 45.8 Å². The van der Waals surface area contributed by atoms with Crippen LogP contribution in [-0.2, 0) is 3.42 Å². The maximum Gasteiger partial charge on any atom is 0.258 e. The summed E-state index contributed by atoms with van der Waals surface area (Å²) in [4.78, 5) is 18.0. The molecule has 0 bridgehead atoms. The van der Waals surface area contributed by atoms with E-state index in [1.54, 1.807) is 17.0 Å². The van der Waals surface area contributed by atoms with E-state index in [-0.39, 0.29) is 9.33 Å². The molecule has 0 saturated carbocycles. The van der Waals surface area contributed by atoms with Gasteiger partial charge in [0.2, 0.25) is 0 Å². The van der Waals surface area contributed by atoms with Gasteiger partial charge in [-0.1, -0.05) is 34.2 Å². The highest BCUT2D eigenvalue weighted by Gasteiger charge is 2.38. The number of hydrogen-bond acceptors (Lipinski definition) is 2. The van der Waals surface area contributed by atoms with Crippen LogP contribution in [0.2, 0.25) is 5.02 Å². The normalized spacial score (nSPS) is 21.3. The standard InChI is InChI=1S/C15H11ClFIN2O/c1-15(18)8-20(11-5-10(17)6-19-7-11)14(21)12-3-2-9(16)4-13(12)15/h2-7H,8H2,1H3. The monoisotopic (exact) mass is 416 g/mol. The summed E-state index contributed by atoms with van der Waals surface area (Å²) in [5, 5.41) is 0.602. The summed E-state index contributed by atoms with van der Waals surface area (Å²) in [5.74, 6) is -0.624. The number of alkyl halides is 1. The molecule has 6 heteroatoms. The average molecular weight is 417 g/mol. The van der Waals surface area contributed by atoms with Gasteiger partial charge >= 0.3 is 0 Å². The Kier molecular flexibility index (Phi) is 3.65. The number of hydrogen-bond donors (Lipinski definition) is 0. The van der Waals surface area contributed by atoms with Gasteiger partial charge in [0.25, 0.3) is 5.91 Å². The molecule has 1 aromatic carbocycles. The van der Waals surface area contributed by atoms with E-state index in [2.05, 4.69) is 27.6 Å². The van der Waals surface area contributed by atoms with Crippen LogP contribution >= 0.6 is 34.2 Å². The van der Waals surface area contributed by atoms with Crippen LogP contribution in [0.25, 0.3) is 0 Å². The maximum absolute atomic E-state index is 13.4. The number of rotatable bonds is 1. The van der Waals surface area contributed by atoms with Gasteiger partial charge in [-0.2, -0.15) is 0 Å². The molecule has 1 unspecified atom stereocenters. The Bertz CT molecular complexity index is 735. The molecule has 0 spiro atoms. The van der Waals surface area contributed by atoms with Crippen molar-refractivity contribution in [1.29, 1.82) is 0 Å². The molecule has 3 rings (SSSR count). The van der Waals surface area contributed by atoms with E-state index in [4.69, 9.17) is 11.6 Å². The van der Waals surface area contributed by atoms with E-state index in [1.165, 1.54) is 12.3 Å². The van der Waals surface area contributed by atoms with Gasteiger partial charge in [-0.25, -0.2) is 4.39 Å². The number of carbonyl (C=O) groups excluding carboxylic acids is 1. The Hall–Kier alpha value is -1.21. The lowest BCUT2D eigenvalue weighted by molar-refractivity contribution is 0.0976. The zero-order valence-corrected chi connectivity index (χ0v) is 14.0. The summed E-state index contributed by atoms with van der Waals surface area (Å²) >= 11 is 8.33. The molecule has 2 heterocycles. The van der Waals surface area contributed by atoms with Crippen LogP contribution in [0.5, 0.6) is 0 Å². The maximum atomic E-state index is 13.4. The molecule has 1 amide bonds. The lowest BCUT2D eigenvalue weighted by atomic mass is 9.90. The number of benzene rings is 1. The molecule has 1 atom stereocenters. The third-order valence-electron chi connectivity index (χ3n) is 3.48. The smallest absolute Gasteiger partial charge is 0.258 e. The molecule has 21 heavy (non-hydrogen) atoms. The van der Waals surface area contributed by atoms with Crippen molar-refractivity contribution in [3.05, 3.63) is 58.6 Å². The van der Waals surface area contributed by atoms with Crippen molar-refractivity contribution in [2.45, 2.75) is 10.3 Å². The van der Waals surface area contributed by atoms with Gasteiger partial charge in [-0.05, 0) is 30.7 Å². The second-order valence-electron chi connectivity index (χ2n) is 5.14. The summed E-state index contributed by atoms with van der Waals surface area (Å²) in [7, 11) is 0. The van der Waals surface area contributed by atoms with Crippen LogP contribution in [0.1, 0.15) is 22.8 Å². The predicted octanol–water partition coefficient (Wildman–Crippen LogP) is 4.18. The van der Waals surface area contributed by atoms with Crippen molar-refractivity contribution in [2.75, 3.05) is 11.4 Å². The lowest BCUT2D eigenvalue weighted by Crippen LogP contribution is -2.45. The summed E-state index contributed by atoms with van der Waals surface area (Å²) in [6, 6.07) is 6.55. The van der Waals surface area contributed by atoms with Crippen LogP contribution < -0.4 is 4.90 Å². The van der Waals surface area contributed by atoms with E-state index in [0.717, 1.165) is 11.8 Å². The van der Waals surface area contributed by atoms with E-state index in [1.807, 2.05) is 13.0 Å². The number of fused-ring (bicyclic) bond motifs is 1. The topological polar surface area (TPSA) is 33.2 Å². The highest BCUT2D eigenvalue weighted by molar-refractivity contribution is 14.1. The minimum Gasteiger partial charge on any atom is -0.305 e. The fourth-order valence-electron chi connectivity index (χ4n) is 2.49. The number of anilines is 1. The first-order chi connectivity index (χ1) is 9.88. The summed E-state index contributed by atoms with van der Waals surface area (Å²) in [6.45, 7) is 2.46. The number of pyridine rings is 1. The van der Waals surface area contributed by atoms with Crippen molar-refractivity contribution < 1.29 is 9.18 Å². The van der Waals surface area contributed by atoms with Crippen molar-refractivity contribution in [1.82, 2.24) is 4.98 Å². The van der Waals surface area contributed by atoms with E-state index in [9.17, 15) is 9.18 Å². The van der Waals surface area contributed by atoms with Gasteiger partial charge in [0.1, 0.15) is 5.82 Å². The molecule has 0 radical (unpaired) electrons. The van der Waals surface area contributed by atoms with Gasteiger partial charge in [-0.3, -0.25) is 9.78 Å². The number of halogens is 3. The highest BCUT2D eigenvalue weighted by atomic mass is 127. The van der Waals surface area contributed by atoms with E-state index < -0.39 is 5.82 Å². The molecular weight excluding hydrogens is 406 g/mol. The van der Waals surface area contributed by atoms with Crippen molar-refractivity contribution in [2.24, 2.45) is 0 Å². The number of aromatic nitrogens is 1. The number of nitrogens with zero attached hydrogens (tertiary/aromatic N) is 2. The first kappa shape index (κ1) is 14.7. The third-order valence-corrected chi connectivity index (χ3v) is 4.63. The highest BCUT2D eigenvalue weighted by Crippen LogP contribution is 2.41. The molecule has 2 aromatic rings. The second-order valence-corrected chi connectivity index (χ2v) is 7.96. The van der Waals surface area contributed by atoms with Crippen LogP contribution in [0.3, 0.4) is 0 Å². The average Bonchev–Trinajstić information content (AvgIpc) is 2.43. The lowest BCUT2D eigenvalue weighted by Gasteiger charge is -2.38. The predicted molar refractivity (Wildman–Crippen MR) is 88.7 cm³/mol. The third kappa shape index (κ3) is 2.64. The fourth-order valence-corrected chi connectivity index (χ4v) is 3.45. The Morgan fingerprint density at radius 2 is 2.14 bits per heavy atom. The Balaban J connectivity index is 2.12. The molecule has 0 fully saturated rings. The van der Waals surface area contributed by atoms with Gasteiger partial charge in [0.05, 0.1) is 21.5 Å². The zero-order chi connectivity index (χ0) is 15.2. The minimum absolute atomic E-state index is 0.164. The zero-order valence-electron chi connectivity index (χ0n) is 11.1. The first-order valence-electron chi connectivity index (χ1n) is 6.30. The number of carbonyl (C=O) groups is 1. The molecule has 0 saturated heterocycles. The molecule has 3 nitrogen and oxygen atoms in total. The Labute approximate surface area is 140 Å². The van der Waals surface area contributed by atoms with Gasteiger partial charge in [0, 0.05) is 23.2 Å². The van der Waals surface area contributed by atoms with Crippen LogP contribution in [0, 0.1) is 5.82 Å². The Morgan fingerprint density at radius 3 is 2.86 bits per heavy atom. The molecule has 0 N–H and O–H groups in total. The van der Waals surface area contributed by atoms with Crippen LogP contribution in [-0.4, -0.2) is 17.4 Å². The SMILES string of the molecule is CC1(I)CN(c2cncc(F)c2)C(=O)c2ccc(Cl)cc21. The fraction of sp³-hybridized carbons (Fsp3) is 0.200. The molecule has 1 aromatic heterocycles. The molecule has 1 aliphatic heterocycles. The molecule has 0 aliphatic carbocycles. The molecule has 108 valence electrons. The first-order valence-corrected chi connectivity index (χ1v) is 7.75. The van der Waals surface area contributed by atoms with Crippen molar-refractivity contribution in [3.63, 3.8) is 0 Å². The second kappa shape index (κ2) is 5.21. The minimum atomic E-state index is -0.461. The largest absolute Gasteiger partial charge is 0.305 e. The van der Waals surface area contributed by atoms with E-state index in [0.29, 0.717) is 22.8 Å². The quantitative estimate of drug-likeness (QED) is 0.516. The van der Waals surface area contributed by atoms with E-state index >= 15 is 0 Å². The summed E-state index contributed by atoms with van der Waals surface area (Å²) in [5.41, 5.74) is 1.96. The molecule has 1 aliphatic rings. The van der Waals surface area contributed by atoms with Gasteiger partial charge in [0.15, 0.2) is 0 Å².